The molecule has 1 aromatic heterocycles. The van der Waals surface area contributed by atoms with Crippen molar-refractivity contribution in [3.63, 3.8) is 0 Å². The molecule has 0 amide bonds. The van der Waals surface area contributed by atoms with Crippen molar-refractivity contribution in [2.45, 2.75) is 13.0 Å². The maximum absolute atomic E-state index is 4.12. The molecule has 0 unspecified atom stereocenters. The summed E-state index contributed by atoms with van der Waals surface area (Å²) >= 11 is 1.70. The van der Waals surface area contributed by atoms with Crippen molar-refractivity contribution in [2.75, 3.05) is 6.54 Å². The van der Waals surface area contributed by atoms with E-state index in [2.05, 4.69) is 28.5 Å². The molecule has 1 aliphatic rings. The average Bonchev–Trinajstić information content (AvgIpc) is 2.82. The summed E-state index contributed by atoms with van der Waals surface area (Å²) in [4.78, 5) is 5.38. The fourth-order valence-corrected chi connectivity index (χ4v) is 2.61. The maximum atomic E-state index is 4.12. The Morgan fingerprint density at radius 3 is 3.13 bits per heavy atom. The summed E-state index contributed by atoms with van der Waals surface area (Å²) in [6.45, 7) is 2.11. The van der Waals surface area contributed by atoms with Gasteiger partial charge in [-0.2, -0.15) is 0 Å². The van der Waals surface area contributed by atoms with Crippen LogP contribution in [-0.4, -0.2) is 11.5 Å². The van der Waals surface area contributed by atoms with Crippen LogP contribution in [0.4, 0.5) is 0 Å². The van der Waals surface area contributed by atoms with Gasteiger partial charge in [0.15, 0.2) is 0 Å². The zero-order valence-electron chi connectivity index (χ0n) is 8.36. The van der Waals surface area contributed by atoms with Crippen LogP contribution < -0.4 is 5.32 Å². The Bertz CT molecular complexity index is 462. The summed E-state index contributed by atoms with van der Waals surface area (Å²) in [7, 11) is 0. The van der Waals surface area contributed by atoms with Gasteiger partial charge in [-0.05, 0) is 35.7 Å². The van der Waals surface area contributed by atoms with Crippen LogP contribution in [-0.2, 0) is 13.0 Å². The van der Waals surface area contributed by atoms with Crippen molar-refractivity contribution in [1.29, 1.82) is 0 Å². The van der Waals surface area contributed by atoms with Crippen molar-refractivity contribution in [2.24, 2.45) is 0 Å². The van der Waals surface area contributed by atoms with E-state index in [1.165, 1.54) is 21.6 Å². The highest BCUT2D eigenvalue weighted by Crippen LogP contribution is 2.26. The number of nitrogens with one attached hydrogen (secondary N) is 1. The van der Waals surface area contributed by atoms with E-state index in [9.17, 15) is 0 Å². The molecule has 0 fully saturated rings. The lowest BCUT2D eigenvalue weighted by Crippen LogP contribution is -2.23. The minimum absolute atomic E-state index is 1.01. The first-order valence-corrected chi connectivity index (χ1v) is 6.03. The highest BCUT2D eigenvalue weighted by Gasteiger charge is 2.09. The van der Waals surface area contributed by atoms with Crippen molar-refractivity contribution < 1.29 is 0 Å². The number of rotatable bonds is 1. The minimum Gasteiger partial charge on any atom is -0.312 e. The Morgan fingerprint density at radius 2 is 2.27 bits per heavy atom. The molecule has 76 valence electrons. The fourth-order valence-electron chi connectivity index (χ4n) is 1.99. The molecule has 1 aliphatic heterocycles. The Hall–Kier alpha value is -1.19. The molecule has 2 heterocycles. The summed E-state index contributed by atoms with van der Waals surface area (Å²) in [5.74, 6) is 0. The lowest BCUT2D eigenvalue weighted by molar-refractivity contribution is 0.644. The lowest BCUT2D eigenvalue weighted by atomic mass is 9.98. The van der Waals surface area contributed by atoms with Crippen LogP contribution in [0.15, 0.2) is 29.9 Å². The first-order valence-electron chi connectivity index (χ1n) is 5.15. The SMILES string of the molecule is c1ncc(-c2ccc3c(c2)CCNC3)s1. The number of fused-ring (bicyclic) bond motifs is 1. The quantitative estimate of drug-likeness (QED) is 0.792. The standard InChI is InChI=1S/C12H12N2S/c1-2-11-6-13-4-3-9(11)5-10(1)12-7-14-8-15-12/h1-2,5,7-8,13H,3-4,6H2. The van der Waals surface area contributed by atoms with Gasteiger partial charge in [0.25, 0.3) is 0 Å². The van der Waals surface area contributed by atoms with E-state index in [4.69, 9.17) is 0 Å². The molecule has 0 bridgehead atoms. The minimum atomic E-state index is 1.01. The first-order chi connectivity index (χ1) is 7.43. The lowest BCUT2D eigenvalue weighted by Gasteiger charge is -2.17. The molecule has 3 rings (SSSR count). The third kappa shape index (κ3) is 1.68. The molecule has 2 aromatic rings. The predicted molar refractivity (Wildman–Crippen MR) is 63.0 cm³/mol. The van der Waals surface area contributed by atoms with Crippen molar-refractivity contribution >= 4 is 11.3 Å². The largest absolute Gasteiger partial charge is 0.312 e. The van der Waals surface area contributed by atoms with Gasteiger partial charge in [0.2, 0.25) is 0 Å². The van der Waals surface area contributed by atoms with E-state index >= 15 is 0 Å². The number of thiazole rings is 1. The summed E-state index contributed by atoms with van der Waals surface area (Å²) in [6.07, 6.45) is 3.08. The Kier molecular flexibility index (Phi) is 2.27. The van der Waals surface area contributed by atoms with Gasteiger partial charge in [-0.3, -0.25) is 4.98 Å². The molecule has 0 saturated carbocycles. The van der Waals surface area contributed by atoms with Gasteiger partial charge >= 0.3 is 0 Å². The Labute approximate surface area is 93.0 Å². The van der Waals surface area contributed by atoms with E-state index in [1.54, 1.807) is 11.3 Å². The number of hydrogen-bond acceptors (Lipinski definition) is 3. The molecular weight excluding hydrogens is 204 g/mol. The molecule has 2 nitrogen and oxygen atoms in total. The van der Waals surface area contributed by atoms with Crippen LogP contribution in [0.3, 0.4) is 0 Å². The van der Waals surface area contributed by atoms with Gasteiger partial charge < -0.3 is 5.32 Å². The summed E-state index contributed by atoms with van der Waals surface area (Å²) in [5, 5.41) is 3.39. The average molecular weight is 216 g/mol. The van der Waals surface area contributed by atoms with E-state index in [0.717, 1.165) is 19.5 Å². The van der Waals surface area contributed by atoms with Crippen molar-refractivity contribution in [3.05, 3.63) is 41.0 Å². The second-order valence-electron chi connectivity index (χ2n) is 3.78. The van der Waals surface area contributed by atoms with E-state index < -0.39 is 0 Å². The number of benzene rings is 1. The third-order valence-corrected chi connectivity index (χ3v) is 3.63. The van der Waals surface area contributed by atoms with E-state index in [-0.39, 0.29) is 0 Å². The van der Waals surface area contributed by atoms with Crippen LogP contribution in [0.1, 0.15) is 11.1 Å². The molecule has 0 saturated heterocycles. The second-order valence-corrected chi connectivity index (χ2v) is 4.66. The highest BCUT2D eigenvalue weighted by molar-refractivity contribution is 7.13. The topological polar surface area (TPSA) is 24.9 Å². The molecule has 1 aromatic carbocycles. The molecular formula is C12H12N2S. The molecule has 0 radical (unpaired) electrons. The van der Waals surface area contributed by atoms with Gasteiger partial charge in [-0.1, -0.05) is 12.1 Å². The number of nitrogens with zero attached hydrogens (tertiary/aromatic N) is 1. The fraction of sp³-hybridized carbons (Fsp3) is 0.250. The zero-order valence-corrected chi connectivity index (χ0v) is 9.18. The van der Waals surface area contributed by atoms with Crippen molar-refractivity contribution in [3.8, 4) is 10.4 Å². The van der Waals surface area contributed by atoms with E-state index in [0.29, 0.717) is 0 Å². The van der Waals surface area contributed by atoms with Crippen LogP contribution in [0.2, 0.25) is 0 Å². The molecule has 1 N–H and O–H groups in total. The molecule has 3 heteroatoms. The Balaban J connectivity index is 2.04. The van der Waals surface area contributed by atoms with Crippen LogP contribution in [0, 0.1) is 0 Å². The van der Waals surface area contributed by atoms with Crippen LogP contribution in [0.5, 0.6) is 0 Å². The highest BCUT2D eigenvalue weighted by atomic mass is 32.1. The number of aromatic nitrogens is 1. The van der Waals surface area contributed by atoms with Gasteiger partial charge in [0, 0.05) is 12.7 Å². The molecule has 0 aliphatic carbocycles. The van der Waals surface area contributed by atoms with E-state index in [1.807, 2.05) is 11.7 Å². The summed E-state index contributed by atoms with van der Waals surface area (Å²) in [6, 6.07) is 6.74. The van der Waals surface area contributed by atoms with Gasteiger partial charge in [0.05, 0.1) is 10.4 Å². The number of hydrogen-bond donors (Lipinski definition) is 1. The van der Waals surface area contributed by atoms with Crippen LogP contribution >= 0.6 is 11.3 Å². The second kappa shape index (κ2) is 3.76. The van der Waals surface area contributed by atoms with Gasteiger partial charge in [-0.25, -0.2) is 0 Å². The van der Waals surface area contributed by atoms with Gasteiger partial charge in [-0.15, -0.1) is 11.3 Å². The van der Waals surface area contributed by atoms with Crippen molar-refractivity contribution in [1.82, 2.24) is 10.3 Å². The maximum Gasteiger partial charge on any atom is 0.0797 e. The smallest absolute Gasteiger partial charge is 0.0797 e. The zero-order chi connectivity index (χ0) is 10.1. The summed E-state index contributed by atoms with van der Waals surface area (Å²) < 4.78 is 0. The molecule has 15 heavy (non-hydrogen) atoms. The predicted octanol–water partition coefficient (Wildman–Crippen LogP) is 2.46. The molecule has 0 atom stereocenters. The third-order valence-electron chi connectivity index (χ3n) is 2.81. The summed E-state index contributed by atoms with van der Waals surface area (Å²) in [5.41, 5.74) is 6.11. The molecule has 0 spiro atoms. The van der Waals surface area contributed by atoms with Gasteiger partial charge in [0.1, 0.15) is 0 Å². The normalized spacial score (nSPS) is 14.9. The first kappa shape index (κ1) is 9.07. The Morgan fingerprint density at radius 1 is 1.27 bits per heavy atom. The van der Waals surface area contributed by atoms with Crippen LogP contribution in [0.25, 0.3) is 10.4 Å². The monoisotopic (exact) mass is 216 g/mol.